The molecule has 1 atom stereocenters. The van der Waals surface area contributed by atoms with Crippen molar-refractivity contribution in [2.24, 2.45) is 0 Å². The summed E-state index contributed by atoms with van der Waals surface area (Å²) < 4.78 is 6.58. The first-order valence-electron chi connectivity index (χ1n) is 5.22. The van der Waals surface area contributed by atoms with Crippen molar-refractivity contribution in [1.82, 2.24) is 4.98 Å². The molecule has 1 aromatic carbocycles. The molecule has 0 saturated heterocycles. The van der Waals surface area contributed by atoms with E-state index in [1.807, 2.05) is 24.3 Å². The molecule has 2 aromatic rings. The molecule has 1 aromatic heterocycles. The van der Waals surface area contributed by atoms with Crippen LogP contribution in [0, 0.1) is 0 Å². The third kappa shape index (κ3) is 3.28. The van der Waals surface area contributed by atoms with Crippen LogP contribution in [-0.4, -0.2) is 10.1 Å². The van der Waals surface area contributed by atoms with Crippen molar-refractivity contribution in [3.63, 3.8) is 0 Å². The molecule has 0 aliphatic carbocycles. The smallest absolute Gasteiger partial charge is 0.219 e. The van der Waals surface area contributed by atoms with Crippen LogP contribution in [0.25, 0.3) is 0 Å². The predicted molar refractivity (Wildman–Crippen MR) is 69.1 cm³/mol. The summed E-state index contributed by atoms with van der Waals surface area (Å²) in [6.07, 6.45) is 1.10. The Morgan fingerprint density at radius 2 is 1.94 bits per heavy atom. The monoisotopic (exact) mass is 293 g/mol. The molecule has 0 radical (unpaired) electrons. The molecule has 17 heavy (non-hydrogen) atoms. The van der Waals surface area contributed by atoms with Gasteiger partial charge in [0.25, 0.3) is 0 Å². The maximum atomic E-state index is 9.46. The number of aromatic nitrogens is 1. The third-order valence-electron chi connectivity index (χ3n) is 2.28. The highest BCUT2D eigenvalue weighted by Crippen LogP contribution is 2.23. The van der Waals surface area contributed by atoms with Gasteiger partial charge in [-0.15, -0.1) is 0 Å². The fourth-order valence-electron chi connectivity index (χ4n) is 1.36. The van der Waals surface area contributed by atoms with Crippen molar-refractivity contribution in [1.29, 1.82) is 0 Å². The largest absolute Gasteiger partial charge is 0.439 e. The van der Waals surface area contributed by atoms with Crippen molar-refractivity contribution in [3.05, 3.63) is 52.6 Å². The second kappa shape index (κ2) is 5.29. The van der Waals surface area contributed by atoms with Gasteiger partial charge in [-0.25, -0.2) is 4.98 Å². The maximum absolute atomic E-state index is 9.46. The lowest BCUT2D eigenvalue weighted by Crippen LogP contribution is -1.94. The lowest BCUT2D eigenvalue weighted by Gasteiger charge is -2.08. The van der Waals surface area contributed by atoms with Crippen LogP contribution in [0.3, 0.4) is 0 Å². The Labute approximate surface area is 108 Å². The number of aliphatic hydroxyl groups excluding tert-OH is 1. The van der Waals surface area contributed by atoms with E-state index in [1.165, 1.54) is 0 Å². The first-order chi connectivity index (χ1) is 8.15. The fourth-order valence-corrected chi connectivity index (χ4v) is 1.63. The van der Waals surface area contributed by atoms with Crippen LogP contribution in [-0.2, 0) is 0 Å². The van der Waals surface area contributed by atoms with E-state index in [-0.39, 0.29) is 0 Å². The Morgan fingerprint density at radius 1 is 1.24 bits per heavy atom. The molecular formula is C13H12BrNO2. The van der Waals surface area contributed by atoms with Crippen LogP contribution in [0.5, 0.6) is 11.6 Å². The summed E-state index contributed by atoms with van der Waals surface area (Å²) >= 11 is 3.36. The topological polar surface area (TPSA) is 42.4 Å². The van der Waals surface area contributed by atoms with Crippen LogP contribution in [0.15, 0.2) is 47.1 Å². The molecule has 0 bridgehead atoms. The normalized spacial score (nSPS) is 12.2. The van der Waals surface area contributed by atoms with E-state index in [4.69, 9.17) is 4.74 Å². The lowest BCUT2D eigenvalue weighted by atomic mass is 10.2. The first-order valence-corrected chi connectivity index (χ1v) is 6.02. The highest BCUT2D eigenvalue weighted by Gasteiger charge is 2.04. The van der Waals surface area contributed by atoms with Gasteiger partial charge in [-0.3, -0.25) is 0 Å². The highest BCUT2D eigenvalue weighted by atomic mass is 79.9. The lowest BCUT2D eigenvalue weighted by molar-refractivity contribution is 0.198. The summed E-state index contributed by atoms with van der Waals surface area (Å²) in [5.74, 6) is 1.19. The molecule has 0 amide bonds. The summed E-state index contributed by atoms with van der Waals surface area (Å²) in [7, 11) is 0. The molecule has 0 aliphatic heterocycles. The molecule has 0 fully saturated rings. The number of pyridine rings is 1. The van der Waals surface area contributed by atoms with E-state index in [0.29, 0.717) is 11.6 Å². The maximum Gasteiger partial charge on any atom is 0.219 e. The van der Waals surface area contributed by atoms with Crippen LogP contribution < -0.4 is 4.74 Å². The van der Waals surface area contributed by atoms with Gasteiger partial charge in [-0.1, -0.05) is 15.9 Å². The average molecular weight is 294 g/mol. The Hall–Kier alpha value is -1.39. The van der Waals surface area contributed by atoms with E-state index >= 15 is 0 Å². The number of hydrogen-bond acceptors (Lipinski definition) is 3. The SMILES string of the molecule is C[C@H](O)c1ccnc(Oc2ccc(Br)cc2)c1. The Kier molecular flexibility index (Phi) is 3.76. The second-order valence-electron chi connectivity index (χ2n) is 3.66. The number of rotatable bonds is 3. The Morgan fingerprint density at radius 3 is 2.59 bits per heavy atom. The zero-order valence-corrected chi connectivity index (χ0v) is 10.9. The molecule has 1 N–H and O–H groups in total. The minimum Gasteiger partial charge on any atom is -0.439 e. The number of ether oxygens (including phenoxy) is 1. The quantitative estimate of drug-likeness (QED) is 0.938. The van der Waals surface area contributed by atoms with Gasteiger partial charge < -0.3 is 9.84 Å². The van der Waals surface area contributed by atoms with Gasteiger partial charge in [-0.05, 0) is 42.8 Å². The zero-order valence-electron chi connectivity index (χ0n) is 9.30. The van der Waals surface area contributed by atoms with Crippen molar-refractivity contribution in [2.75, 3.05) is 0 Å². The molecule has 3 nitrogen and oxygen atoms in total. The molecule has 0 spiro atoms. The number of benzene rings is 1. The van der Waals surface area contributed by atoms with Gasteiger partial charge >= 0.3 is 0 Å². The summed E-state index contributed by atoms with van der Waals surface area (Å²) in [5, 5.41) is 9.46. The highest BCUT2D eigenvalue weighted by molar-refractivity contribution is 9.10. The first kappa shape index (κ1) is 12.1. The standard InChI is InChI=1S/C13H12BrNO2/c1-9(16)10-6-7-15-13(8-10)17-12-4-2-11(14)3-5-12/h2-9,16H,1H3/t9-/m0/s1. The summed E-state index contributed by atoms with van der Waals surface area (Å²) in [5.41, 5.74) is 0.784. The number of hydrogen-bond donors (Lipinski definition) is 1. The van der Waals surface area contributed by atoms with Gasteiger partial charge in [0.1, 0.15) is 5.75 Å². The molecule has 88 valence electrons. The van der Waals surface area contributed by atoms with E-state index < -0.39 is 6.10 Å². The van der Waals surface area contributed by atoms with E-state index in [1.54, 1.807) is 25.3 Å². The average Bonchev–Trinajstić information content (AvgIpc) is 2.32. The predicted octanol–water partition coefficient (Wildman–Crippen LogP) is 3.69. The molecular weight excluding hydrogens is 282 g/mol. The third-order valence-corrected chi connectivity index (χ3v) is 2.81. The van der Waals surface area contributed by atoms with Gasteiger partial charge in [0.05, 0.1) is 6.10 Å². The van der Waals surface area contributed by atoms with Gasteiger partial charge in [0.2, 0.25) is 5.88 Å². The summed E-state index contributed by atoms with van der Waals surface area (Å²) in [6.45, 7) is 1.71. The van der Waals surface area contributed by atoms with Gasteiger partial charge in [0, 0.05) is 16.7 Å². The van der Waals surface area contributed by atoms with Crippen LogP contribution in [0.4, 0.5) is 0 Å². The zero-order chi connectivity index (χ0) is 12.3. The Bertz CT molecular complexity index is 497. The Balaban J connectivity index is 2.18. The summed E-state index contributed by atoms with van der Waals surface area (Å²) in [6, 6.07) is 11.0. The number of nitrogens with zero attached hydrogens (tertiary/aromatic N) is 1. The molecule has 1 heterocycles. The van der Waals surface area contributed by atoms with E-state index in [0.717, 1.165) is 10.0 Å². The molecule has 0 saturated carbocycles. The van der Waals surface area contributed by atoms with Crippen molar-refractivity contribution in [3.8, 4) is 11.6 Å². The molecule has 0 aliphatic rings. The van der Waals surface area contributed by atoms with E-state index in [9.17, 15) is 5.11 Å². The summed E-state index contributed by atoms with van der Waals surface area (Å²) in [4.78, 5) is 4.09. The van der Waals surface area contributed by atoms with Crippen molar-refractivity contribution < 1.29 is 9.84 Å². The van der Waals surface area contributed by atoms with Gasteiger partial charge in [-0.2, -0.15) is 0 Å². The molecule has 4 heteroatoms. The van der Waals surface area contributed by atoms with Crippen molar-refractivity contribution in [2.45, 2.75) is 13.0 Å². The molecule has 2 rings (SSSR count). The van der Waals surface area contributed by atoms with Crippen molar-refractivity contribution >= 4 is 15.9 Å². The molecule has 0 unspecified atom stereocenters. The van der Waals surface area contributed by atoms with Crippen LogP contribution >= 0.6 is 15.9 Å². The van der Waals surface area contributed by atoms with Crippen LogP contribution in [0.2, 0.25) is 0 Å². The second-order valence-corrected chi connectivity index (χ2v) is 4.58. The number of aliphatic hydroxyl groups is 1. The fraction of sp³-hybridized carbons (Fsp3) is 0.154. The van der Waals surface area contributed by atoms with E-state index in [2.05, 4.69) is 20.9 Å². The number of halogens is 1. The van der Waals surface area contributed by atoms with Gasteiger partial charge in [0.15, 0.2) is 0 Å². The minimum absolute atomic E-state index is 0.478. The van der Waals surface area contributed by atoms with Crippen LogP contribution in [0.1, 0.15) is 18.6 Å². The minimum atomic E-state index is -0.523.